The van der Waals surface area contributed by atoms with Gasteiger partial charge in [-0.25, -0.2) is 4.39 Å². The second kappa shape index (κ2) is 4.99. The molecule has 0 aliphatic heterocycles. The highest BCUT2D eigenvalue weighted by Gasteiger charge is 2.10. The summed E-state index contributed by atoms with van der Waals surface area (Å²) in [7, 11) is -1.28. The third-order valence-corrected chi connectivity index (χ3v) is 4.43. The van der Waals surface area contributed by atoms with Crippen LogP contribution < -0.4 is 0 Å². The average molecular weight is 277 g/mol. The van der Waals surface area contributed by atoms with Gasteiger partial charge in [-0.05, 0) is 40.8 Å². The second-order valence-electron chi connectivity index (χ2n) is 2.95. The molecule has 0 saturated carbocycles. The molecule has 0 amide bonds. The molecular formula is C9H6ClFN2OS2. The highest BCUT2D eigenvalue weighted by Crippen LogP contribution is 2.16. The Kier molecular flexibility index (Phi) is 3.63. The van der Waals surface area contributed by atoms with E-state index in [2.05, 4.69) is 9.36 Å². The summed E-state index contributed by atoms with van der Waals surface area (Å²) in [6.07, 6.45) is 0. The maximum Gasteiger partial charge on any atom is 0.235 e. The lowest BCUT2D eigenvalue weighted by atomic mass is 10.2. The molecule has 0 bridgehead atoms. The minimum absolute atomic E-state index is 0.104. The van der Waals surface area contributed by atoms with Crippen LogP contribution in [0.15, 0.2) is 28.6 Å². The zero-order chi connectivity index (χ0) is 11.5. The van der Waals surface area contributed by atoms with Crippen LogP contribution in [0.4, 0.5) is 4.39 Å². The van der Waals surface area contributed by atoms with Crippen molar-refractivity contribution in [1.82, 2.24) is 9.36 Å². The Morgan fingerprint density at radius 3 is 2.62 bits per heavy atom. The first kappa shape index (κ1) is 11.6. The van der Waals surface area contributed by atoms with Crippen molar-refractivity contribution in [1.29, 1.82) is 0 Å². The molecule has 84 valence electrons. The minimum Gasteiger partial charge on any atom is -0.251 e. The van der Waals surface area contributed by atoms with Crippen molar-refractivity contribution in [3.8, 4) is 0 Å². The first-order valence-corrected chi connectivity index (χ1v) is 6.74. The normalized spacial score (nSPS) is 12.6. The van der Waals surface area contributed by atoms with Gasteiger partial charge in [0.2, 0.25) is 9.62 Å². The zero-order valence-electron chi connectivity index (χ0n) is 7.89. The highest BCUT2D eigenvalue weighted by molar-refractivity contribution is 7.86. The molecule has 1 aromatic heterocycles. The van der Waals surface area contributed by atoms with Crippen LogP contribution in [0.1, 0.15) is 5.56 Å². The van der Waals surface area contributed by atoms with E-state index in [-0.39, 0.29) is 16.9 Å². The Morgan fingerprint density at radius 2 is 2.06 bits per heavy atom. The van der Waals surface area contributed by atoms with Gasteiger partial charge in [-0.2, -0.15) is 9.36 Å². The van der Waals surface area contributed by atoms with Crippen LogP contribution in [0.2, 0.25) is 5.28 Å². The van der Waals surface area contributed by atoms with Crippen molar-refractivity contribution in [3.05, 3.63) is 40.9 Å². The predicted molar refractivity (Wildman–Crippen MR) is 61.4 cm³/mol. The quantitative estimate of drug-likeness (QED) is 0.865. The molecule has 0 saturated heterocycles. The highest BCUT2D eigenvalue weighted by atomic mass is 35.5. The van der Waals surface area contributed by atoms with Gasteiger partial charge in [-0.3, -0.25) is 4.21 Å². The Hall–Kier alpha value is -0.850. The summed E-state index contributed by atoms with van der Waals surface area (Å²) >= 11 is 6.55. The van der Waals surface area contributed by atoms with Gasteiger partial charge in [0.1, 0.15) is 5.82 Å². The first-order valence-electron chi connectivity index (χ1n) is 4.27. The van der Waals surface area contributed by atoms with E-state index in [0.717, 1.165) is 17.1 Å². The molecule has 0 spiro atoms. The molecule has 1 aromatic carbocycles. The Balaban J connectivity index is 2.10. The standard InChI is InChI=1S/C9H6ClFN2OS2/c10-8-12-9(15-13-8)16(14)5-6-1-3-7(11)4-2-6/h1-4H,5H2/t16-/m0/s1. The molecule has 2 aromatic rings. The number of rotatable bonds is 3. The van der Waals surface area contributed by atoms with Gasteiger partial charge in [0.25, 0.3) is 0 Å². The molecule has 1 heterocycles. The summed E-state index contributed by atoms with van der Waals surface area (Å²) < 4.78 is 28.5. The molecule has 0 radical (unpaired) electrons. The second-order valence-corrected chi connectivity index (χ2v) is 5.66. The van der Waals surface area contributed by atoms with Gasteiger partial charge in [-0.1, -0.05) is 12.1 Å². The summed E-state index contributed by atoms with van der Waals surface area (Å²) in [5, 5.41) is 0.104. The third kappa shape index (κ3) is 2.84. The molecule has 0 unspecified atom stereocenters. The van der Waals surface area contributed by atoms with Gasteiger partial charge in [0.05, 0.1) is 16.6 Å². The van der Waals surface area contributed by atoms with E-state index in [1.807, 2.05) is 0 Å². The summed E-state index contributed by atoms with van der Waals surface area (Å²) in [6.45, 7) is 0. The van der Waals surface area contributed by atoms with Crippen molar-refractivity contribution in [2.24, 2.45) is 0 Å². The van der Waals surface area contributed by atoms with Gasteiger partial charge < -0.3 is 0 Å². The van der Waals surface area contributed by atoms with Crippen molar-refractivity contribution in [3.63, 3.8) is 0 Å². The Labute approximate surface area is 103 Å². The Bertz CT molecular complexity index is 514. The summed E-state index contributed by atoms with van der Waals surface area (Å²) in [5.41, 5.74) is 0.783. The molecule has 7 heteroatoms. The van der Waals surface area contributed by atoms with Crippen molar-refractivity contribution in [2.75, 3.05) is 0 Å². The lowest BCUT2D eigenvalue weighted by molar-refractivity contribution is 0.627. The maximum atomic E-state index is 12.6. The minimum atomic E-state index is -1.28. The van der Waals surface area contributed by atoms with E-state index in [1.54, 1.807) is 12.1 Å². The fraction of sp³-hybridized carbons (Fsp3) is 0.111. The van der Waals surface area contributed by atoms with Crippen LogP contribution in [0.25, 0.3) is 0 Å². The smallest absolute Gasteiger partial charge is 0.235 e. The topological polar surface area (TPSA) is 42.9 Å². The van der Waals surface area contributed by atoms with Crippen LogP contribution in [-0.2, 0) is 16.6 Å². The van der Waals surface area contributed by atoms with Gasteiger partial charge in [0, 0.05) is 0 Å². The molecule has 3 nitrogen and oxygen atoms in total. The van der Waals surface area contributed by atoms with E-state index >= 15 is 0 Å². The third-order valence-electron chi connectivity index (χ3n) is 1.79. The molecular weight excluding hydrogens is 271 g/mol. The maximum absolute atomic E-state index is 12.6. The molecule has 0 aliphatic carbocycles. The zero-order valence-corrected chi connectivity index (χ0v) is 10.3. The number of aromatic nitrogens is 2. The van der Waals surface area contributed by atoms with Crippen LogP contribution in [0.3, 0.4) is 0 Å². The fourth-order valence-electron chi connectivity index (χ4n) is 1.08. The van der Waals surface area contributed by atoms with Gasteiger partial charge in [0.15, 0.2) is 0 Å². The Morgan fingerprint density at radius 1 is 1.38 bits per heavy atom. The van der Waals surface area contributed by atoms with Crippen LogP contribution in [-0.4, -0.2) is 13.6 Å². The number of hydrogen-bond donors (Lipinski definition) is 0. The van der Waals surface area contributed by atoms with Crippen molar-refractivity contribution in [2.45, 2.75) is 10.1 Å². The number of halogens is 2. The van der Waals surface area contributed by atoms with Crippen LogP contribution in [0, 0.1) is 5.82 Å². The molecule has 16 heavy (non-hydrogen) atoms. The van der Waals surface area contributed by atoms with Crippen LogP contribution in [0.5, 0.6) is 0 Å². The lowest BCUT2D eigenvalue weighted by Gasteiger charge is -1.98. The summed E-state index contributed by atoms with van der Waals surface area (Å²) in [6, 6.07) is 5.85. The SMILES string of the molecule is O=[S@@](Cc1ccc(F)cc1)c1nc(Cl)ns1. The van der Waals surface area contributed by atoms with Crippen molar-refractivity contribution < 1.29 is 8.60 Å². The fourth-order valence-corrected chi connectivity index (χ4v) is 3.12. The molecule has 0 N–H and O–H groups in total. The van der Waals surface area contributed by atoms with E-state index < -0.39 is 10.8 Å². The van der Waals surface area contributed by atoms with E-state index in [0.29, 0.717) is 4.34 Å². The molecule has 0 aliphatic rings. The van der Waals surface area contributed by atoms with Gasteiger partial charge in [-0.15, -0.1) is 0 Å². The number of benzene rings is 1. The average Bonchev–Trinajstić information content (AvgIpc) is 2.68. The number of nitrogens with zero attached hydrogens (tertiary/aromatic N) is 2. The number of hydrogen-bond acceptors (Lipinski definition) is 4. The summed E-state index contributed by atoms with van der Waals surface area (Å²) in [4.78, 5) is 3.82. The lowest BCUT2D eigenvalue weighted by Crippen LogP contribution is -1.95. The van der Waals surface area contributed by atoms with E-state index in [9.17, 15) is 8.60 Å². The van der Waals surface area contributed by atoms with Crippen LogP contribution >= 0.6 is 23.1 Å². The first-order chi connectivity index (χ1) is 7.65. The molecule has 0 fully saturated rings. The van der Waals surface area contributed by atoms with Crippen molar-refractivity contribution >= 4 is 33.9 Å². The summed E-state index contributed by atoms with van der Waals surface area (Å²) in [5.74, 6) is -0.0280. The molecule has 1 atom stereocenters. The van der Waals surface area contributed by atoms with E-state index in [4.69, 9.17) is 11.6 Å². The predicted octanol–water partition coefficient (Wildman–Crippen LogP) is 2.64. The monoisotopic (exact) mass is 276 g/mol. The van der Waals surface area contributed by atoms with Gasteiger partial charge >= 0.3 is 0 Å². The molecule has 2 rings (SSSR count). The van der Waals surface area contributed by atoms with E-state index in [1.165, 1.54) is 12.1 Å². The largest absolute Gasteiger partial charge is 0.251 e.